The molecule has 0 radical (unpaired) electrons. The predicted molar refractivity (Wildman–Crippen MR) is 102 cm³/mol. The molecule has 136 valence electrons. The number of aryl methyl sites for hydroxylation is 1. The van der Waals surface area contributed by atoms with E-state index in [2.05, 4.69) is 4.98 Å². The summed E-state index contributed by atoms with van der Waals surface area (Å²) in [6.45, 7) is 3.96. The van der Waals surface area contributed by atoms with Gasteiger partial charge in [0.15, 0.2) is 5.78 Å². The third kappa shape index (κ3) is 3.51. The van der Waals surface area contributed by atoms with E-state index in [1.165, 1.54) is 6.92 Å². The first kappa shape index (κ1) is 18.6. The first-order valence-electron chi connectivity index (χ1n) is 8.46. The minimum absolute atomic E-state index is 0.0623. The highest BCUT2D eigenvalue weighted by Gasteiger charge is 2.22. The Kier molecular flexibility index (Phi) is 5.14. The van der Waals surface area contributed by atoms with Gasteiger partial charge in [-0.3, -0.25) is 9.78 Å². The Labute approximate surface area is 156 Å². The van der Waals surface area contributed by atoms with E-state index in [1.54, 1.807) is 30.5 Å². The number of benzene rings is 1. The van der Waals surface area contributed by atoms with Crippen LogP contribution in [-0.2, 0) is 18.6 Å². The van der Waals surface area contributed by atoms with Crippen LogP contribution in [0.1, 0.15) is 35.5 Å². The van der Waals surface area contributed by atoms with E-state index in [9.17, 15) is 15.0 Å². The number of pyridine rings is 1. The van der Waals surface area contributed by atoms with Crippen molar-refractivity contribution < 1.29 is 15.0 Å². The summed E-state index contributed by atoms with van der Waals surface area (Å²) in [5.41, 5.74) is 1.42. The molecule has 0 aliphatic rings. The number of Topliss-reactive ketones (excluding diaryl/α,β-unsaturated/α-hetero) is 1. The number of hydrogen-bond donors (Lipinski definition) is 2. The van der Waals surface area contributed by atoms with Crippen molar-refractivity contribution in [3.8, 4) is 0 Å². The number of carbonyl (C=O) groups excluding carboxylic acids is 1. The Morgan fingerprint density at radius 2 is 2.00 bits per heavy atom. The monoisotopic (exact) mass is 372 g/mol. The summed E-state index contributed by atoms with van der Waals surface area (Å²) in [4.78, 5) is 16.9. The van der Waals surface area contributed by atoms with Gasteiger partial charge < -0.3 is 14.8 Å². The highest BCUT2D eigenvalue weighted by molar-refractivity contribution is 6.35. The maximum Gasteiger partial charge on any atom is 0.168 e. The number of hydrogen-bond acceptors (Lipinski definition) is 4. The number of ketones is 1. The Balaban J connectivity index is 1.82. The molecular weight excluding hydrogens is 352 g/mol. The molecule has 0 unspecified atom stereocenters. The maximum absolute atomic E-state index is 12.6. The average Bonchev–Trinajstić information content (AvgIpc) is 2.97. The molecule has 0 saturated heterocycles. The Hall–Kier alpha value is -2.21. The first-order valence-corrected chi connectivity index (χ1v) is 8.83. The van der Waals surface area contributed by atoms with E-state index < -0.39 is 5.60 Å². The fourth-order valence-electron chi connectivity index (χ4n) is 2.92. The molecule has 3 rings (SSSR count). The highest BCUT2D eigenvalue weighted by Crippen LogP contribution is 2.26. The van der Waals surface area contributed by atoms with Crippen LogP contribution in [0.5, 0.6) is 0 Å². The number of rotatable bonds is 6. The van der Waals surface area contributed by atoms with Crippen LogP contribution < -0.4 is 0 Å². The van der Waals surface area contributed by atoms with E-state index in [4.69, 9.17) is 11.6 Å². The quantitative estimate of drug-likeness (QED) is 0.651. The summed E-state index contributed by atoms with van der Waals surface area (Å²) in [5.74, 6) is -0.0623. The van der Waals surface area contributed by atoms with E-state index in [-0.39, 0.29) is 18.8 Å². The molecular formula is C20H21ClN2O3. The summed E-state index contributed by atoms with van der Waals surface area (Å²) in [6, 6.07) is 8.52. The number of aliphatic hydroxyl groups excluding tert-OH is 1. The fourth-order valence-corrected chi connectivity index (χ4v) is 3.18. The van der Waals surface area contributed by atoms with E-state index in [0.717, 1.165) is 17.4 Å². The van der Waals surface area contributed by atoms with Gasteiger partial charge in [-0.05, 0) is 25.5 Å². The van der Waals surface area contributed by atoms with Crippen LogP contribution in [0.15, 0.2) is 42.7 Å². The molecule has 0 spiro atoms. The van der Waals surface area contributed by atoms with E-state index >= 15 is 0 Å². The van der Waals surface area contributed by atoms with Gasteiger partial charge in [0.1, 0.15) is 5.60 Å². The van der Waals surface area contributed by atoms with Crippen LogP contribution in [0.25, 0.3) is 10.9 Å². The molecule has 1 atom stereocenters. The van der Waals surface area contributed by atoms with Gasteiger partial charge in [-0.2, -0.15) is 0 Å². The molecule has 0 saturated carbocycles. The third-order valence-electron chi connectivity index (χ3n) is 4.59. The first-order chi connectivity index (χ1) is 12.4. The topological polar surface area (TPSA) is 75.4 Å². The molecule has 0 aliphatic carbocycles. The van der Waals surface area contributed by atoms with Gasteiger partial charge in [-0.25, -0.2) is 0 Å². The van der Waals surface area contributed by atoms with Crippen LogP contribution in [0.4, 0.5) is 0 Å². The standard InChI is InChI=1S/C20H21ClN2O3/c1-3-23-11-17(21)16-10-22-15(8-18(16)23)9-19(25)13-4-6-14(7-5-13)20(2,26)12-24/h4-8,10-11,24,26H,3,9,12H2,1-2H3/t20-/m0/s1. The van der Waals surface area contributed by atoms with Crippen molar-refractivity contribution in [3.05, 3.63) is 64.6 Å². The van der Waals surface area contributed by atoms with Crippen LogP contribution in [0.3, 0.4) is 0 Å². The second-order valence-corrected chi connectivity index (χ2v) is 6.97. The number of aliphatic hydroxyl groups is 2. The Morgan fingerprint density at radius 3 is 2.62 bits per heavy atom. The highest BCUT2D eigenvalue weighted by atomic mass is 35.5. The van der Waals surface area contributed by atoms with E-state index in [1.807, 2.05) is 23.8 Å². The largest absolute Gasteiger partial charge is 0.393 e. The van der Waals surface area contributed by atoms with Gasteiger partial charge in [-0.1, -0.05) is 35.9 Å². The van der Waals surface area contributed by atoms with Gasteiger partial charge >= 0.3 is 0 Å². The van der Waals surface area contributed by atoms with Crippen molar-refractivity contribution >= 4 is 28.3 Å². The van der Waals surface area contributed by atoms with Gasteiger partial charge in [0.25, 0.3) is 0 Å². The molecule has 0 aliphatic heterocycles. The molecule has 6 heteroatoms. The number of aromatic nitrogens is 2. The third-order valence-corrected chi connectivity index (χ3v) is 4.89. The van der Waals surface area contributed by atoms with Crippen LogP contribution in [-0.4, -0.2) is 32.2 Å². The molecule has 0 bridgehead atoms. The number of carbonyl (C=O) groups is 1. The molecule has 0 amide bonds. The molecule has 0 fully saturated rings. The zero-order valence-electron chi connectivity index (χ0n) is 14.7. The normalized spacial score (nSPS) is 13.7. The number of halogens is 1. The molecule has 2 heterocycles. The van der Waals surface area contributed by atoms with E-state index in [0.29, 0.717) is 21.8 Å². The van der Waals surface area contributed by atoms with Crippen molar-refractivity contribution in [3.63, 3.8) is 0 Å². The van der Waals surface area contributed by atoms with Crippen molar-refractivity contribution in [2.24, 2.45) is 0 Å². The van der Waals surface area contributed by atoms with Crippen molar-refractivity contribution in [2.75, 3.05) is 6.61 Å². The van der Waals surface area contributed by atoms with Crippen molar-refractivity contribution in [1.29, 1.82) is 0 Å². The summed E-state index contributed by atoms with van der Waals surface area (Å²) < 4.78 is 2.03. The second kappa shape index (κ2) is 7.19. The molecule has 2 N–H and O–H groups in total. The smallest absolute Gasteiger partial charge is 0.168 e. The zero-order chi connectivity index (χ0) is 18.9. The van der Waals surface area contributed by atoms with Gasteiger partial charge in [0.05, 0.1) is 29.3 Å². The Morgan fingerprint density at radius 1 is 1.31 bits per heavy atom. The molecule has 3 aromatic rings. The lowest BCUT2D eigenvalue weighted by Crippen LogP contribution is -2.25. The summed E-state index contributed by atoms with van der Waals surface area (Å²) in [5, 5.41) is 20.8. The summed E-state index contributed by atoms with van der Waals surface area (Å²) >= 11 is 6.21. The minimum atomic E-state index is -1.32. The number of fused-ring (bicyclic) bond motifs is 1. The van der Waals surface area contributed by atoms with Crippen molar-refractivity contribution in [2.45, 2.75) is 32.4 Å². The SMILES string of the molecule is CCn1cc(Cl)c2cnc(CC(=O)c3ccc([C@@](C)(O)CO)cc3)cc21. The lowest BCUT2D eigenvalue weighted by atomic mass is 9.95. The van der Waals surface area contributed by atoms with Gasteiger partial charge in [-0.15, -0.1) is 0 Å². The number of nitrogens with zero attached hydrogens (tertiary/aromatic N) is 2. The van der Waals surface area contributed by atoms with Crippen molar-refractivity contribution in [1.82, 2.24) is 9.55 Å². The predicted octanol–water partition coefficient (Wildman–Crippen LogP) is 3.33. The summed E-state index contributed by atoms with van der Waals surface area (Å²) in [7, 11) is 0. The molecule has 2 aromatic heterocycles. The second-order valence-electron chi connectivity index (χ2n) is 6.57. The minimum Gasteiger partial charge on any atom is -0.393 e. The fraction of sp³-hybridized carbons (Fsp3) is 0.300. The Bertz CT molecular complexity index is 946. The molecule has 26 heavy (non-hydrogen) atoms. The van der Waals surface area contributed by atoms with Gasteiger partial charge in [0.2, 0.25) is 0 Å². The van der Waals surface area contributed by atoms with Crippen LogP contribution >= 0.6 is 11.6 Å². The summed E-state index contributed by atoms with van der Waals surface area (Å²) in [6.07, 6.45) is 3.75. The van der Waals surface area contributed by atoms with Crippen LogP contribution in [0, 0.1) is 0 Å². The average molecular weight is 373 g/mol. The molecule has 1 aromatic carbocycles. The maximum atomic E-state index is 12.6. The van der Waals surface area contributed by atoms with Gasteiger partial charge in [0, 0.05) is 29.9 Å². The zero-order valence-corrected chi connectivity index (χ0v) is 15.5. The lowest BCUT2D eigenvalue weighted by molar-refractivity contribution is -0.00229. The molecule has 5 nitrogen and oxygen atoms in total. The lowest BCUT2D eigenvalue weighted by Gasteiger charge is -2.20. The van der Waals surface area contributed by atoms with Crippen LogP contribution in [0.2, 0.25) is 5.02 Å².